The molecule has 0 aliphatic rings. The van der Waals surface area contributed by atoms with Gasteiger partial charge in [0.05, 0.1) is 6.61 Å². The number of rotatable bonds is 5. The second-order valence-corrected chi connectivity index (χ2v) is 3.78. The Kier molecular flexibility index (Phi) is 5.17. The first-order valence-electron chi connectivity index (χ1n) is 5.69. The zero-order valence-electron chi connectivity index (χ0n) is 10.6. The molecule has 1 aromatic carbocycles. The first-order chi connectivity index (χ1) is 8.95. The molecular weight excluding hydrogens is 253 g/mol. The van der Waals surface area contributed by atoms with E-state index < -0.39 is 29.5 Å². The molecule has 1 aromatic rings. The molecule has 6 heteroatoms. The number of Topliss-reactive ketones (excluding diaryl/α,β-unsaturated/α-hetero) is 1. The summed E-state index contributed by atoms with van der Waals surface area (Å²) in [5.74, 6) is -2.47. The van der Waals surface area contributed by atoms with Crippen molar-refractivity contribution in [1.82, 2.24) is 5.32 Å². The molecule has 0 saturated heterocycles. The molecule has 5 nitrogen and oxygen atoms in total. The molecule has 0 aliphatic heterocycles. The zero-order valence-corrected chi connectivity index (χ0v) is 10.6. The number of hydrogen-bond acceptors (Lipinski definition) is 4. The van der Waals surface area contributed by atoms with E-state index in [9.17, 15) is 18.8 Å². The van der Waals surface area contributed by atoms with Gasteiger partial charge in [0.2, 0.25) is 0 Å². The summed E-state index contributed by atoms with van der Waals surface area (Å²) in [4.78, 5) is 34.6. The van der Waals surface area contributed by atoms with Gasteiger partial charge < -0.3 is 10.1 Å². The highest BCUT2D eigenvalue weighted by atomic mass is 19.1. The summed E-state index contributed by atoms with van der Waals surface area (Å²) >= 11 is 0. The van der Waals surface area contributed by atoms with Crippen LogP contribution in [0.5, 0.6) is 0 Å². The van der Waals surface area contributed by atoms with Gasteiger partial charge in [-0.2, -0.15) is 0 Å². The van der Waals surface area contributed by atoms with Crippen molar-refractivity contribution in [1.29, 1.82) is 0 Å². The summed E-state index contributed by atoms with van der Waals surface area (Å²) in [5.41, 5.74) is 0.150. The van der Waals surface area contributed by atoms with E-state index in [-0.39, 0.29) is 12.2 Å². The van der Waals surface area contributed by atoms with Gasteiger partial charge in [0.15, 0.2) is 11.8 Å². The van der Waals surface area contributed by atoms with Crippen molar-refractivity contribution in [3.05, 3.63) is 35.6 Å². The Hall–Kier alpha value is -2.24. The van der Waals surface area contributed by atoms with E-state index in [1.54, 1.807) is 6.92 Å². The van der Waals surface area contributed by atoms with Crippen LogP contribution in [0.15, 0.2) is 24.3 Å². The monoisotopic (exact) mass is 267 g/mol. The molecule has 0 bridgehead atoms. The van der Waals surface area contributed by atoms with Crippen LogP contribution >= 0.6 is 0 Å². The van der Waals surface area contributed by atoms with Crippen LogP contribution in [0.1, 0.15) is 24.2 Å². The maximum Gasteiger partial charge on any atom is 0.336 e. The van der Waals surface area contributed by atoms with Crippen LogP contribution in [0.4, 0.5) is 4.39 Å². The van der Waals surface area contributed by atoms with Crippen LogP contribution in [0.25, 0.3) is 0 Å². The van der Waals surface area contributed by atoms with Crippen LogP contribution in [0, 0.1) is 5.82 Å². The molecule has 1 unspecified atom stereocenters. The van der Waals surface area contributed by atoms with E-state index in [0.717, 1.165) is 12.1 Å². The number of nitrogens with one attached hydrogen (secondary N) is 1. The third-order valence-corrected chi connectivity index (χ3v) is 2.31. The molecule has 1 amide bonds. The summed E-state index contributed by atoms with van der Waals surface area (Å²) in [6, 6.07) is 3.39. The van der Waals surface area contributed by atoms with Crippen molar-refractivity contribution in [2.75, 3.05) is 6.61 Å². The lowest BCUT2D eigenvalue weighted by Gasteiger charge is -2.14. The Morgan fingerprint density at radius 1 is 1.26 bits per heavy atom. The lowest BCUT2D eigenvalue weighted by atomic mass is 10.1. The molecule has 0 heterocycles. The number of benzene rings is 1. The first kappa shape index (κ1) is 14.8. The number of carbonyl (C=O) groups is 3. The first-order valence-corrected chi connectivity index (χ1v) is 5.69. The van der Waals surface area contributed by atoms with Crippen molar-refractivity contribution >= 4 is 17.7 Å². The summed E-state index contributed by atoms with van der Waals surface area (Å²) in [7, 11) is 0. The Morgan fingerprint density at radius 2 is 1.84 bits per heavy atom. The maximum absolute atomic E-state index is 12.7. The Bertz CT molecular complexity index is 484. The van der Waals surface area contributed by atoms with Gasteiger partial charge in [-0.3, -0.25) is 9.59 Å². The number of carbonyl (C=O) groups excluding carboxylic acids is 3. The number of amides is 1. The molecule has 0 saturated carbocycles. The molecule has 0 aromatic heterocycles. The molecule has 1 atom stereocenters. The summed E-state index contributed by atoms with van der Waals surface area (Å²) < 4.78 is 17.4. The van der Waals surface area contributed by atoms with Crippen LogP contribution in [-0.4, -0.2) is 30.3 Å². The van der Waals surface area contributed by atoms with E-state index in [0.29, 0.717) is 0 Å². The fourth-order valence-corrected chi connectivity index (χ4v) is 1.37. The highest BCUT2D eigenvalue weighted by Gasteiger charge is 2.26. The normalized spacial score (nSPS) is 11.5. The van der Waals surface area contributed by atoms with Crippen molar-refractivity contribution in [3.63, 3.8) is 0 Å². The van der Waals surface area contributed by atoms with Crippen LogP contribution in [0.2, 0.25) is 0 Å². The second-order valence-electron chi connectivity index (χ2n) is 3.78. The number of esters is 1. The molecule has 0 radical (unpaired) electrons. The Morgan fingerprint density at radius 3 is 2.32 bits per heavy atom. The average molecular weight is 267 g/mol. The van der Waals surface area contributed by atoms with Crippen LogP contribution < -0.4 is 5.32 Å². The lowest BCUT2D eigenvalue weighted by molar-refractivity contribution is -0.148. The lowest BCUT2D eigenvalue weighted by Crippen LogP contribution is -2.46. The highest BCUT2D eigenvalue weighted by Crippen LogP contribution is 2.03. The highest BCUT2D eigenvalue weighted by molar-refractivity contribution is 6.07. The predicted octanol–water partition coefficient (Wildman–Crippen LogP) is 1.08. The maximum atomic E-state index is 12.7. The summed E-state index contributed by atoms with van der Waals surface area (Å²) in [6.07, 6.45) is 0. The van der Waals surface area contributed by atoms with Gasteiger partial charge in [0.1, 0.15) is 5.82 Å². The average Bonchev–Trinajstić information content (AvgIpc) is 2.36. The fraction of sp³-hybridized carbons (Fsp3) is 0.308. The van der Waals surface area contributed by atoms with Gasteiger partial charge in [-0.05, 0) is 38.1 Å². The van der Waals surface area contributed by atoms with Crippen molar-refractivity contribution < 1.29 is 23.5 Å². The number of ketones is 1. The number of ether oxygens (including phenoxy) is 1. The summed E-state index contributed by atoms with van der Waals surface area (Å²) in [5, 5.41) is 2.25. The van der Waals surface area contributed by atoms with E-state index in [2.05, 4.69) is 10.1 Å². The van der Waals surface area contributed by atoms with Gasteiger partial charge in [-0.25, -0.2) is 9.18 Å². The summed E-state index contributed by atoms with van der Waals surface area (Å²) in [6.45, 7) is 2.87. The van der Waals surface area contributed by atoms with Crippen molar-refractivity contribution in [3.8, 4) is 0 Å². The smallest absolute Gasteiger partial charge is 0.336 e. The van der Waals surface area contributed by atoms with Gasteiger partial charge >= 0.3 is 5.97 Å². The van der Waals surface area contributed by atoms with Crippen LogP contribution in [0.3, 0.4) is 0 Å². The van der Waals surface area contributed by atoms with Crippen molar-refractivity contribution in [2.24, 2.45) is 0 Å². The number of hydrogen-bond donors (Lipinski definition) is 1. The third-order valence-electron chi connectivity index (χ3n) is 2.31. The minimum Gasteiger partial charge on any atom is -0.464 e. The molecule has 19 heavy (non-hydrogen) atoms. The van der Waals surface area contributed by atoms with E-state index in [1.807, 2.05) is 0 Å². The largest absolute Gasteiger partial charge is 0.464 e. The molecule has 0 spiro atoms. The Balaban J connectivity index is 2.79. The second kappa shape index (κ2) is 6.63. The van der Waals surface area contributed by atoms with E-state index in [4.69, 9.17) is 0 Å². The SMILES string of the molecule is CCOC(=O)C(NC(=O)c1ccc(F)cc1)C(C)=O. The predicted molar refractivity (Wildman–Crippen MR) is 65.0 cm³/mol. The molecule has 1 rings (SSSR count). The molecule has 0 fully saturated rings. The molecule has 0 aliphatic carbocycles. The Labute approximate surface area is 109 Å². The fourth-order valence-electron chi connectivity index (χ4n) is 1.37. The number of halogens is 1. The van der Waals surface area contributed by atoms with E-state index in [1.165, 1.54) is 19.1 Å². The van der Waals surface area contributed by atoms with Gasteiger partial charge in [0.25, 0.3) is 5.91 Å². The molecular formula is C13H14FNO4. The molecule has 1 N–H and O–H groups in total. The van der Waals surface area contributed by atoms with Gasteiger partial charge in [-0.15, -0.1) is 0 Å². The van der Waals surface area contributed by atoms with Gasteiger partial charge in [0, 0.05) is 5.56 Å². The minimum absolute atomic E-state index is 0.106. The topological polar surface area (TPSA) is 72.5 Å². The van der Waals surface area contributed by atoms with Crippen LogP contribution in [-0.2, 0) is 14.3 Å². The zero-order chi connectivity index (χ0) is 14.4. The van der Waals surface area contributed by atoms with E-state index >= 15 is 0 Å². The third kappa shape index (κ3) is 4.17. The quantitative estimate of drug-likeness (QED) is 0.640. The molecule has 102 valence electrons. The standard InChI is InChI=1S/C13H14FNO4/c1-3-19-13(18)11(8(2)16)15-12(17)9-4-6-10(14)7-5-9/h4-7,11H,3H2,1-2H3,(H,15,17). The van der Waals surface area contributed by atoms with Gasteiger partial charge in [-0.1, -0.05) is 0 Å². The minimum atomic E-state index is -1.35. The van der Waals surface area contributed by atoms with Crippen molar-refractivity contribution in [2.45, 2.75) is 19.9 Å².